The monoisotopic (exact) mass is 852 g/mol. The summed E-state index contributed by atoms with van der Waals surface area (Å²) in [6.45, 7) is 3.40. The number of aliphatic hydroxyl groups is 1. The fourth-order valence-corrected chi connectivity index (χ4v) is 7.62. The number of unbranched alkanes of at least 4 members (excludes halogenated alkanes) is 18. The van der Waals surface area contributed by atoms with E-state index in [0.717, 1.165) is 38.5 Å². The Morgan fingerprint density at radius 3 is 1.95 bits per heavy atom. The summed E-state index contributed by atoms with van der Waals surface area (Å²) in [6, 6.07) is 0. The molecule has 0 fully saturated rings. The van der Waals surface area contributed by atoms with Gasteiger partial charge in [0.2, 0.25) is 0 Å². The van der Waals surface area contributed by atoms with E-state index in [2.05, 4.69) is 26.0 Å². The predicted molar refractivity (Wildman–Crippen MR) is 238 cm³/mol. The second-order valence-corrected chi connectivity index (χ2v) is 17.4. The number of nitrogens with two attached hydrogens (primary N) is 1. The molecule has 0 aromatic carbocycles. The van der Waals surface area contributed by atoms with Crippen molar-refractivity contribution in [2.24, 2.45) is 17.6 Å². The first-order valence-corrected chi connectivity index (χ1v) is 24.7. The highest BCUT2D eigenvalue weighted by Gasteiger charge is 2.27. The van der Waals surface area contributed by atoms with Crippen LogP contribution in [-0.2, 0) is 37.5 Å². The van der Waals surface area contributed by atoms with Gasteiger partial charge in [-0.05, 0) is 69.8 Å². The lowest BCUT2D eigenvalue weighted by atomic mass is 9.90. The van der Waals surface area contributed by atoms with Gasteiger partial charge in [-0.2, -0.15) is 0 Å². The Morgan fingerprint density at radius 2 is 1.31 bits per heavy atom. The van der Waals surface area contributed by atoms with E-state index < -0.39 is 38.6 Å². The molecule has 12 heteroatoms. The standard InChI is InChI=1S/C47H82NO10P/c1-3-5-7-8-9-10-11-12-13-14-15-16-17-18-19-20-21-22-27-31-46(51)55-39-43(40-57-59(53,54)56-38-37-48)58-47(52)32-28-24-23-26-29-41-33-36-45(50)44(41)35-34-42(49)30-25-6-4-2/h12-13,23,26,33-36,41-44,49H,3-11,14-22,24-25,27-32,37-40,48H2,1-2H3,(H,53,54)/b13-12-,26-23-,35-34+/t41-,42-,43+,44+/m0/s1. The molecular formula is C47H82NO10P. The fourth-order valence-electron chi connectivity index (χ4n) is 6.85. The molecule has 1 unspecified atom stereocenters. The summed E-state index contributed by atoms with van der Waals surface area (Å²) in [5.74, 6) is -1.21. The van der Waals surface area contributed by atoms with E-state index in [1.54, 1.807) is 12.2 Å². The minimum atomic E-state index is -4.44. The summed E-state index contributed by atoms with van der Waals surface area (Å²) >= 11 is 0. The summed E-state index contributed by atoms with van der Waals surface area (Å²) in [7, 11) is -4.44. The maximum Gasteiger partial charge on any atom is 0.472 e. The summed E-state index contributed by atoms with van der Waals surface area (Å²) in [5, 5.41) is 10.2. The lowest BCUT2D eigenvalue weighted by molar-refractivity contribution is -0.161. The van der Waals surface area contributed by atoms with E-state index >= 15 is 0 Å². The maximum absolute atomic E-state index is 12.7. The van der Waals surface area contributed by atoms with Gasteiger partial charge in [0.05, 0.1) is 19.3 Å². The van der Waals surface area contributed by atoms with Crippen LogP contribution >= 0.6 is 7.82 Å². The van der Waals surface area contributed by atoms with E-state index in [9.17, 15) is 28.9 Å². The Balaban J connectivity index is 2.31. The van der Waals surface area contributed by atoms with Crippen LogP contribution in [0.15, 0.2) is 48.6 Å². The number of carbonyl (C=O) groups is 3. The molecule has 0 saturated carbocycles. The molecule has 340 valence electrons. The molecule has 0 radical (unpaired) electrons. The van der Waals surface area contributed by atoms with Crippen LogP contribution in [0.5, 0.6) is 0 Å². The third-order valence-electron chi connectivity index (χ3n) is 10.4. The van der Waals surface area contributed by atoms with Gasteiger partial charge >= 0.3 is 19.8 Å². The van der Waals surface area contributed by atoms with Crippen molar-refractivity contribution >= 4 is 25.5 Å². The molecule has 0 saturated heterocycles. The number of allylic oxidation sites excluding steroid dienone is 7. The summed E-state index contributed by atoms with van der Waals surface area (Å²) in [4.78, 5) is 47.5. The van der Waals surface area contributed by atoms with Crippen LogP contribution in [0, 0.1) is 11.8 Å². The lowest BCUT2D eigenvalue weighted by Gasteiger charge is -2.19. The molecule has 1 aliphatic carbocycles. The van der Waals surface area contributed by atoms with Crippen LogP contribution in [0.3, 0.4) is 0 Å². The highest BCUT2D eigenvalue weighted by atomic mass is 31.2. The maximum atomic E-state index is 12.7. The molecule has 0 aromatic heterocycles. The Hall–Kier alpha value is -2.40. The van der Waals surface area contributed by atoms with Crippen LogP contribution < -0.4 is 5.73 Å². The Kier molecular flexibility index (Phi) is 34.6. The Morgan fingerprint density at radius 1 is 0.746 bits per heavy atom. The zero-order chi connectivity index (χ0) is 43.2. The van der Waals surface area contributed by atoms with E-state index in [-0.39, 0.29) is 50.2 Å². The molecule has 5 atom stereocenters. The number of carbonyl (C=O) groups excluding carboxylic acids is 3. The third kappa shape index (κ3) is 32.0. The number of aliphatic hydroxyl groups excluding tert-OH is 1. The van der Waals surface area contributed by atoms with Gasteiger partial charge in [0.25, 0.3) is 0 Å². The summed E-state index contributed by atoms with van der Waals surface area (Å²) in [6.07, 6.45) is 40.5. The van der Waals surface area contributed by atoms with Gasteiger partial charge < -0.3 is 25.2 Å². The number of rotatable bonds is 40. The number of ether oxygens (including phenoxy) is 2. The lowest BCUT2D eigenvalue weighted by Crippen LogP contribution is -2.29. The third-order valence-corrected chi connectivity index (χ3v) is 11.4. The average Bonchev–Trinajstić information content (AvgIpc) is 3.57. The van der Waals surface area contributed by atoms with Crippen LogP contribution in [0.1, 0.15) is 181 Å². The second-order valence-electron chi connectivity index (χ2n) is 15.9. The van der Waals surface area contributed by atoms with Crippen LogP contribution in [-0.4, -0.2) is 66.3 Å². The van der Waals surface area contributed by atoms with Gasteiger partial charge in [0.1, 0.15) is 6.61 Å². The van der Waals surface area contributed by atoms with Crippen LogP contribution in [0.2, 0.25) is 0 Å². The zero-order valence-electron chi connectivity index (χ0n) is 36.8. The van der Waals surface area contributed by atoms with Gasteiger partial charge in [-0.3, -0.25) is 23.4 Å². The van der Waals surface area contributed by atoms with Gasteiger partial charge in [0, 0.05) is 25.3 Å². The van der Waals surface area contributed by atoms with Crippen molar-refractivity contribution in [3.05, 3.63) is 48.6 Å². The molecular weight excluding hydrogens is 769 g/mol. The average molecular weight is 852 g/mol. The SMILES string of the molecule is CCCCCCCC/C=C\CCCCCCCCCCCC(=O)OC[C@H](COP(=O)(O)OCCN)OC(=O)CCC/C=C\C[C@H]1C=CC(=O)[C@@H]1/C=C/[C@@H](O)CCCCC. The predicted octanol–water partition coefficient (Wildman–Crippen LogP) is 11.1. The fraction of sp³-hybridized carbons (Fsp3) is 0.766. The van der Waals surface area contributed by atoms with Gasteiger partial charge in [0.15, 0.2) is 11.9 Å². The number of ketones is 1. The molecule has 0 aromatic rings. The molecule has 1 rings (SSSR count). The molecule has 0 heterocycles. The van der Waals surface area contributed by atoms with E-state index in [1.807, 2.05) is 24.3 Å². The Bertz CT molecular complexity index is 1250. The Labute approximate surface area is 357 Å². The number of hydrogen-bond donors (Lipinski definition) is 3. The summed E-state index contributed by atoms with van der Waals surface area (Å²) < 4.78 is 32.8. The van der Waals surface area contributed by atoms with Crippen LogP contribution in [0.25, 0.3) is 0 Å². The first-order valence-electron chi connectivity index (χ1n) is 23.2. The second kappa shape index (κ2) is 37.4. The molecule has 0 bridgehead atoms. The number of hydrogen-bond acceptors (Lipinski definition) is 10. The highest BCUT2D eigenvalue weighted by molar-refractivity contribution is 7.47. The molecule has 1 aliphatic rings. The first-order chi connectivity index (χ1) is 28.6. The van der Waals surface area contributed by atoms with Gasteiger partial charge in [-0.15, -0.1) is 0 Å². The molecule has 0 aliphatic heterocycles. The molecule has 59 heavy (non-hydrogen) atoms. The largest absolute Gasteiger partial charge is 0.472 e. The van der Waals surface area contributed by atoms with Gasteiger partial charge in [-0.1, -0.05) is 153 Å². The quantitative estimate of drug-likeness (QED) is 0.0232. The number of phosphoric ester groups is 1. The van der Waals surface area contributed by atoms with Crippen molar-refractivity contribution in [2.75, 3.05) is 26.4 Å². The minimum absolute atomic E-state index is 0.0182. The van der Waals surface area contributed by atoms with Crippen molar-refractivity contribution in [3.63, 3.8) is 0 Å². The first kappa shape index (κ1) is 54.6. The van der Waals surface area contributed by atoms with Crippen molar-refractivity contribution in [1.82, 2.24) is 0 Å². The van der Waals surface area contributed by atoms with E-state index in [1.165, 1.54) is 83.5 Å². The highest BCUT2D eigenvalue weighted by Crippen LogP contribution is 2.43. The van der Waals surface area contributed by atoms with Crippen molar-refractivity contribution < 1.29 is 47.5 Å². The van der Waals surface area contributed by atoms with E-state index in [0.29, 0.717) is 32.1 Å². The van der Waals surface area contributed by atoms with Crippen molar-refractivity contribution in [3.8, 4) is 0 Å². The van der Waals surface area contributed by atoms with Crippen LogP contribution in [0.4, 0.5) is 0 Å². The number of esters is 2. The van der Waals surface area contributed by atoms with Crippen molar-refractivity contribution in [2.45, 2.75) is 193 Å². The smallest absolute Gasteiger partial charge is 0.462 e. The van der Waals surface area contributed by atoms with Gasteiger partial charge in [-0.25, -0.2) is 4.57 Å². The minimum Gasteiger partial charge on any atom is -0.462 e. The number of phosphoric acid groups is 1. The molecule has 11 nitrogen and oxygen atoms in total. The van der Waals surface area contributed by atoms with Crippen molar-refractivity contribution in [1.29, 1.82) is 0 Å². The molecule has 0 spiro atoms. The summed E-state index contributed by atoms with van der Waals surface area (Å²) in [5.41, 5.74) is 5.35. The molecule has 4 N–H and O–H groups in total. The molecule has 0 amide bonds. The topological polar surface area (TPSA) is 172 Å². The zero-order valence-corrected chi connectivity index (χ0v) is 37.7. The van der Waals surface area contributed by atoms with E-state index in [4.69, 9.17) is 24.3 Å². The normalized spacial score (nSPS) is 17.7.